The highest BCUT2D eigenvalue weighted by atomic mass is 35.5. The molecule has 0 amide bonds. The summed E-state index contributed by atoms with van der Waals surface area (Å²) in [4.78, 5) is 13.9. The van der Waals surface area contributed by atoms with E-state index in [0.717, 1.165) is 38.0 Å². The lowest BCUT2D eigenvalue weighted by atomic mass is 9.91. The van der Waals surface area contributed by atoms with Crippen LogP contribution >= 0.6 is 0 Å². The first-order valence-corrected chi connectivity index (χ1v) is 8.63. The number of esters is 1. The molecular weight excluding hydrogens is 310 g/mol. The van der Waals surface area contributed by atoms with E-state index in [9.17, 15) is 4.79 Å². The zero-order valence-corrected chi connectivity index (χ0v) is 15.7. The lowest BCUT2D eigenvalue weighted by Gasteiger charge is -2.19. The second kappa shape index (κ2) is 12.4. The summed E-state index contributed by atoms with van der Waals surface area (Å²) < 4.78 is 5.57. The van der Waals surface area contributed by atoms with Crippen LogP contribution in [0, 0.1) is 5.92 Å². The Morgan fingerprint density at radius 1 is 1.09 bits per heavy atom. The van der Waals surface area contributed by atoms with E-state index >= 15 is 0 Å². The van der Waals surface area contributed by atoms with Crippen molar-refractivity contribution >= 4 is 5.97 Å². The second-order valence-corrected chi connectivity index (χ2v) is 6.31. The summed E-state index contributed by atoms with van der Waals surface area (Å²) in [5, 5.41) is 0. The van der Waals surface area contributed by atoms with Gasteiger partial charge in [0.25, 0.3) is 0 Å². The molecule has 0 fully saturated rings. The highest BCUT2D eigenvalue weighted by molar-refractivity contribution is 5.78. The molecule has 0 heterocycles. The van der Waals surface area contributed by atoms with Gasteiger partial charge < -0.3 is 22.0 Å². The molecule has 23 heavy (non-hydrogen) atoms. The fourth-order valence-corrected chi connectivity index (χ4v) is 2.61. The number of benzene rings is 1. The van der Waals surface area contributed by atoms with Crippen LogP contribution in [-0.2, 0) is 9.53 Å². The van der Waals surface area contributed by atoms with Crippen LogP contribution in [0.25, 0.3) is 0 Å². The normalized spacial score (nSPS) is 12.1. The Kier molecular flexibility index (Phi) is 11.8. The van der Waals surface area contributed by atoms with Gasteiger partial charge in [0.1, 0.15) is 13.2 Å². The van der Waals surface area contributed by atoms with Crippen LogP contribution in [0.15, 0.2) is 30.3 Å². The molecule has 0 saturated heterocycles. The molecule has 3 nitrogen and oxygen atoms in total. The maximum atomic E-state index is 12.5. The molecule has 0 aliphatic carbocycles. The number of likely N-dealkylation sites (N-methyl/N-ethyl adjacent to an activating group) is 1. The topological polar surface area (TPSA) is 30.7 Å². The predicted octanol–water partition coefficient (Wildman–Crippen LogP) is -0.322. The number of carbonyl (C=O) groups is 1. The van der Waals surface area contributed by atoms with E-state index in [0.29, 0.717) is 12.5 Å². The van der Waals surface area contributed by atoms with Crippen molar-refractivity contribution in [3.05, 3.63) is 35.9 Å². The fourth-order valence-electron chi connectivity index (χ4n) is 2.61. The lowest BCUT2D eigenvalue weighted by Crippen LogP contribution is -3.11. The maximum absolute atomic E-state index is 12.5. The lowest BCUT2D eigenvalue weighted by molar-refractivity contribution is -0.896. The van der Waals surface area contributed by atoms with Crippen molar-refractivity contribution in [2.75, 3.05) is 26.2 Å². The molecule has 132 valence electrons. The Hall–Kier alpha value is -1.06. The summed E-state index contributed by atoms with van der Waals surface area (Å²) in [5.41, 5.74) is 1.07. The summed E-state index contributed by atoms with van der Waals surface area (Å²) in [6, 6.07) is 10.0. The zero-order valence-electron chi connectivity index (χ0n) is 15.0. The molecular formula is C19H32ClNO2. The Morgan fingerprint density at radius 2 is 1.70 bits per heavy atom. The summed E-state index contributed by atoms with van der Waals surface area (Å²) in [6.45, 7) is 12.3. The number of hydrogen-bond acceptors (Lipinski definition) is 2. The number of rotatable bonds is 10. The van der Waals surface area contributed by atoms with E-state index in [1.54, 1.807) is 0 Å². The van der Waals surface area contributed by atoms with Crippen molar-refractivity contribution in [2.24, 2.45) is 5.92 Å². The number of carbonyl (C=O) groups excluding carboxylic acids is 1. The Balaban J connectivity index is 0.00000484. The molecule has 1 N–H and O–H groups in total. The van der Waals surface area contributed by atoms with Crippen molar-refractivity contribution in [2.45, 2.75) is 46.5 Å². The molecule has 1 rings (SSSR count). The highest BCUT2D eigenvalue weighted by Gasteiger charge is 2.22. The van der Waals surface area contributed by atoms with Gasteiger partial charge in [-0.1, -0.05) is 44.2 Å². The molecule has 0 aliphatic rings. The highest BCUT2D eigenvalue weighted by Crippen LogP contribution is 2.24. The van der Waals surface area contributed by atoms with Gasteiger partial charge in [-0.05, 0) is 38.2 Å². The maximum Gasteiger partial charge on any atom is 0.313 e. The van der Waals surface area contributed by atoms with E-state index in [1.807, 2.05) is 30.3 Å². The molecule has 4 heteroatoms. The van der Waals surface area contributed by atoms with Gasteiger partial charge in [-0.25, -0.2) is 0 Å². The number of hydrogen-bond donors (Lipinski definition) is 1. The van der Waals surface area contributed by atoms with Crippen molar-refractivity contribution in [3.63, 3.8) is 0 Å². The first-order valence-electron chi connectivity index (χ1n) is 8.63. The molecule has 0 aliphatic heterocycles. The third-order valence-electron chi connectivity index (χ3n) is 4.22. The summed E-state index contributed by atoms with van der Waals surface area (Å²) in [7, 11) is 0. The third-order valence-corrected chi connectivity index (χ3v) is 4.22. The van der Waals surface area contributed by atoms with Crippen LogP contribution in [0.2, 0.25) is 0 Å². The van der Waals surface area contributed by atoms with Gasteiger partial charge in [0.05, 0.1) is 19.0 Å². The van der Waals surface area contributed by atoms with Crippen LogP contribution in [0.1, 0.15) is 52.0 Å². The van der Waals surface area contributed by atoms with Crippen LogP contribution < -0.4 is 17.3 Å². The zero-order chi connectivity index (χ0) is 16.4. The minimum absolute atomic E-state index is 0. The quantitative estimate of drug-likeness (QED) is 0.591. The van der Waals surface area contributed by atoms with E-state index < -0.39 is 0 Å². The smallest absolute Gasteiger partial charge is 0.313 e. The molecule has 1 aromatic rings. The van der Waals surface area contributed by atoms with Crippen LogP contribution in [0.5, 0.6) is 0 Å². The largest absolute Gasteiger partial charge is 1.00 e. The SMILES string of the molecule is CC[NH+](CC)CCOC(=O)C(CCC(C)C)c1ccccc1.[Cl-]. The fraction of sp³-hybridized carbons (Fsp3) is 0.632. The van der Waals surface area contributed by atoms with Crippen molar-refractivity contribution in [3.8, 4) is 0 Å². The Labute approximate surface area is 147 Å². The summed E-state index contributed by atoms with van der Waals surface area (Å²) in [5.74, 6) is 0.396. The van der Waals surface area contributed by atoms with Crippen LogP contribution in [0.4, 0.5) is 0 Å². The van der Waals surface area contributed by atoms with Gasteiger partial charge >= 0.3 is 5.97 Å². The molecule has 1 unspecified atom stereocenters. The standard InChI is InChI=1S/C19H31NO2.ClH/c1-5-20(6-2)14-15-22-19(21)18(13-12-16(3)4)17-10-8-7-9-11-17;/h7-11,16,18H,5-6,12-15H2,1-4H3;1H. The molecule has 0 bridgehead atoms. The molecule has 0 spiro atoms. The van der Waals surface area contributed by atoms with E-state index in [1.165, 1.54) is 4.90 Å². The minimum atomic E-state index is -0.129. The van der Waals surface area contributed by atoms with Gasteiger partial charge in [0.15, 0.2) is 0 Å². The van der Waals surface area contributed by atoms with Gasteiger partial charge in [-0.15, -0.1) is 0 Å². The average Bonchev–Trinajstić information content (AvgIpc) is 2.52. The molecule has 1 aromatic carbocycles. The van der Waals surface area contributed by atoms with Crippen LogP contribution in [-0.4, -0.2) is 32.2 Å². The van der Waals surface area contributed by atoms with Crippen LogP contribution in [0.3, 0.4) is 0 Å². The van der Waals surface area contributed by atoms with E-state index in [-0.39, 0.29) is 24.3 Å². The van der Waals surface area contributed by atoms with E-state index in [4.69, 9.17) is 4.74 Å². The van der Waals surface area contributed by atoms with Gasteiger partial charge in [0.2, 0.25) is 0 Å². The molecule has 0 aromatic heterocycles. The summed E-state index contributed by atoms with van der Waals surface area (Å²) >= 11 is 0. The van der Waals surface area contributed by atoms with Crippen molar-refractivity contribution in [1.29, 1.82) is 0 Å². The van der Waals surface area contributed by atoms with Gasteiger partial charge in [-0.3, -0.25) is 4.79 Å². The number of ether oxygens (including phenoxy) is 1. The van der Waals surface area contributed by atoms with Crippen molar-refractivity contribution < 1.29 is 26.8 Å². The Morgan fingerprint density at radius 3 is 2.22 bits per heavy atom. The minimum Gasteiger partial charge on any atom is -1.00 e. The number of nitrogens with one attached hydrogen (secondary N) is 1. The molecule has 0 radical (unpaired) electrons. The third kappa shape index (κ3) is 8.38. The van der Waals surface area contributed by atoms with Gasteiger partial charge in [-0.2, -0.15) is 0 Å². The second-order valence-electron chi connectivity index (χ2n) is 6.31. The monoisotopic (exact) mass is 341 g/mol. The predicted molar refractivity (Wildman–Crippen MR) is 91.1 cm³/mol. The number of quaternary nitrogens is 1. The van der Waals surface area contributed by atoms with Gasteiger partial charge in [0, 0.05) is 0 Å². The summed E-state index contributed by atoms with van der Waals surface area (Å²) in [6.07, 6.45) is 1.90. The average molecular weight is 342 g/mol. The first-order chi connectivity index (χ1) is 10.6. The number of halogens is 1. The van der Waals surface area contributed by atoms with Crippen molar-refractivity contribution in [1.82, 2.24) is 0 Å². The molecule has 1 atom stereocenters. The Bertz CT molecular complexity index is 419. The first kappa shape index (κ1) is 21.9. The molecule has 0 saturated carbocycles. The van der Waals surface area contributed by atoms with E-state index in [2.05, 4.69) is 27.7 Å².